The summed E-state index contributed by atoms with van der Waals surface area (Å²) in [5, 5.41) is 11.9. The molecule has 0 saturated heterocycles. The average molecular weight is 387 g/mol. The number of ether oxygens (including phenoxy) is 2. The fraction of sp³-hybridized carbons (Fsp3) is 0.429. The quantitative estimate of drug-likeness (QED) is 0.715. The topological polar surface area (TPSA) is 98.0 Å². The van der Waals surface area contributed by atoms with Gasteiger partial charge in [0, 0.05) is 19.0 Å². The van der Waals surface area contributed by atoms with E-state index in [0.717, 1.165) is 18.4 Å². The highest BCUT2D eigenvalue weighted by Crippen LogP contribution is 2.32. The molecule has 7 heteroatoms. The first-order chi connectivity index (χ1) is 13.5. The van der Waals surface area contributed by atoms with Gasteiger partial charge in [-0.15, -0.1) is 0 Å². The van der Waals surface area contributed by atoms with Gasteiger partial charge >= 0.3 is 5.97 Å². The van der Waals surface area contributed by atoms with E-state index in [1.54, 1.807) is 14.0 Å². The molecular weight excluding hydrogens is 362 g/mol. The van der Waals surface area contributed by atoms with Crippen LogP contribution in [-0.2, 0) is 13.0 Å². The molecule has 1 amide bonds. The van der Waals surface area contributed by atoms with Crippen LogP contribution >= 0.6 is 0 Å². The number of furan rings is 1. The van der Waals surface area contributed by atoms with Crippen LogP contribution in [0.5, 0.6) is 11.5 Å². The predicted octanol–water partition coefficient (Wildman–Crippen LogP) is 3.80. The van der Waals surface area contributed by atoms with Crippen LogP contribution < -0.4 is 14.8 Å². The summed E-state index contributed by atoms with van der Waals surface area (Å²) in [5.74, 6) is 0.0339. The van der Waals surface area contributed by atoms with Crippen molar-refractivity contribution in [2.75, 3.05) is 7.11 Å². The van der Waals surface area contributed by atoms with Crippen molar-refractivity contribution in [3.8, 4) is 11.5 Å². The third-order valence-corrected chi connectivity index (χ3v) is 4.86. The fourth-order valence-corrected chi connectivity index (χ4v) is 3.36. The summed E-state index contributed by atoms with van der Waals surface area (Å²) >= 11 is 0. The fourth-order valence-electron chi connectivity index (χ4n) is 3.36. The Morgan fingerprint density at radius 1 is 1.21 bits per heavy atom. The Labute approximate surface area is 163 Å². The van der Waals surface area contributed by atoms with Crippen LogP contribution in [-0.4, -0.2) is 30.2 Å². The Bertz CT molecular complexity index is 851. The van der Waals surface area contributed by atoms with Gasteiger partial charge < -0.3 is 24.3 Å². The molecule has 28 heavy (non-hydrogen) atoms. The maximum atomic E-state index is 12.4. The lowest BCUT2D eigenvalue weighted by atomic mass is 10.2. The maximum absolute atomic E-state index is 12.4. The highest BCUT2D eigenvalue weighted by Gasteiger charge is 2.21. The van der Waals surface area contributed by atoms with E-state index in [0.29, 0.717) is 17.9 Å². The Morgan fingerprint density at radius 2 is 1.96 bits per heavy atom. The number of carbonyl (C=O) groups excluding carboxylic acids is 1. The van der Waals surface area contributed by atoms with Crippen molar-refractivity contribution in [1.29, 1.82) is 0 Å². The molecule has 1 aliphatic rings. The van der Waals surface area contributed by atoms with Gasteiger partial charge in [-0.3, -0.25) is 4.79 Å². The van der Waals surface area contributed by atoms with Gasteiger partial charge in [-0.05, 0) is 43.4 Å². The highest BCUT2D eigenvalue weighted by molar-refractivity contribution is 5.96. The Kier molecular flexibility index (Phi) is 6.23. The SMILES string of the molecule is CCc1oc(C(=O)NCc2ccc(OC)c(OC3CCCC3)c2)cc1C(=O)O. The van der Waals surface area contributed by atoms with Crippen LogP contribution in [0.15, 0.2) is 28.7 Å². The third-order valence-electron chi connectivity index (χ3n) is 4.86. The van der Waals surface area contributed by atoms with Crippen molar-refractivity contribution in [2.24, 2.45) is 0 Å². The predicted molar refractivity (Wildman–Crippen MR) is 102 cm³/mol. The lowest BCUT2D eigenvalue weighted by Gasteiger charge is -2.17. The molecule has 1 aromatic heterocycles. The van der Waals surface area contributed by atoms with E-state index in [4.69, 9.17) is 13.9 Å². The zero-order valence-corrected chi connectivity index (χ0v) is 16.1. The van der Waals surface area contributed by atoms with Crippen LogP contribution in [0.2, 0.25) is 0 Å². The molecule has 2 N–H and O–H groups in total. The molecule has 7 nitrogen and oxygen atoms in total. The molecule has 0 aliphatic heterocycles. The van der Waals surface area contributed by atoms with Gasteiger partial charge in [-0.1, -0.05) is 13.0 Å². The first-order valence-electron chi connectivity index (χ1n) is 9.49. The molecule has 1 saturated carbocycles. The molecule has 2 aromatic rings. The number of carbonyl (C=O) groups is 2. The smallest absolute Gasteiger partial charge is 0.339 e. The summed E-state index contributed by atoms with van der Waals surface area (Å²) < 4.78 is 16.8. The minimum atomic E-state index is -1.11. The van der Waals surface area contributed by atoms with Gasteiger partial charge in [0.25, 0.3) is 5.91 Å². The first-order valence-corrected chi connectivity index (χ1v) is 9.49. The number of aromatic carboxylic acids is 1. The number of rotatable bonds is 8. The summed E-state index contributed by atoms with van der Waals surface area (Å²) in [6.45, 7) is 2.03. The zero-order valence-electron chi connectivity index (χ0n) is 16.1. The summed E-state index contributed by atoms with van der Waals surface area (Å²) in [4.78, 5) is 23.6. The lowest BCUT2D eigenvalue weighted by molar-refractivity contribution is 0.0694. The summed E-state index contributed by atoms with van der Waals surface area (Å²) in [6, 6.07) is 6.79. The number of carboxylic acid groups (broad SMARTS) is 1. The second-order valence-electron chi connectivity index (χ2n) is 6.80. The minimum Gasteiger partial charge on any atom is -0.493 e. The van der Waals surface area contributed by atoms with E-state index in [2.05, 4.69) is 5.32 Å². The molecule has 0 atom stereocenters. The molecule has 1 aromatic carbocycles. The highest BCUT2D eigenvalue weighted by atomic mass is 16.5. The van der Waals surface area contributed by atoms with Crippen LogP contribution in [0.3, 0.4) is 0 Å². The maximum Gasteiger partial charge on any atom is 0.339 e. The van der Waals surface area contributed by atoms with Crippen LogP contribution in [0.25, 0.3) is 0 Å². The van der Waals surface area contributed by atoms with E-state index in [9.17, 15) is 14.7 Å². The van der Waals surface area contributed by atoms with Crippen LogP contribution in [0, 0.1) is 0 Å². The number of hydrogen-bond acceptors (Lipinski definition) is 5. The van der Waals surface area contributed by atoms with E-state index < -0.39 is 11.9 Å². The molecule has 150 valence electrons. The van der Waals surface area contributed by atoms with E-state index >= 15 is 0 Å². The second kappa shape index (κ2) is 8.82. The van der Waals surface area contributed by atoms with Crippen molar-refractivity contribution in [3.63, 3.8) is 0 Å². The monoisotopic (exact) mass is 387 g/mol. The number of amides is 1. The molecule has 1 aliphatic carbocycles. The molecule has 0 spiro atoms. The van der Waals surface area contributed by atoms with Crippen LogP contribution in [0.1, 0.15) is 64.8 Å². The van der Waals surface area contributed by atoms with Crippen molar-refractivity contribution >= 4 is 11.9 Å². The van der Waals surface area contributed by atoms with E-state index in [-0.39, 0.29) is 29.7 Å². The van der Waals surface area contributed by atoms with Gasteiger partial charge in [0.15, 0.2) is 17.3 Å². The molecule has 0 radical (unpaired) electrons. The van der Waals surface area contributed by atoms with E-state index in [1.165, 1.54) is 18.9 Å². The minimum absolute atomic E-state index is 0.00908. The van der Waals surface area contributed by atoms with Crippen molar-refractivity contribution in [3.05, 3.63) is 46.9 Å². The van der Waals surface area contributed by atoms with Crippen LogP contribution in [0.4, 0.5) is 0 Å². The Balaban J connectivity index is 1.68. The number of carboxylic acids is 1. The standard InChI is InChI=1S/C21H25NO6/c1-3-16-15(21(24)25)11-19(28-16)20(23)22-12-13-8-9-17(26-2)18(10-13)27-14-6-4-5-7-14/h8-11,14H,3-7,12H2,1-2H3,(H,22,23)(H,24,25). The number of hydrogen-bond donors (Lipinski definition) is 2. The largest absolute Gasteiger partial charge is 0.493 e. The number of nitrogens with one attached hydrogen (secondary N) is 1. The molecule has 1 heterocycles. The third kappa shape index (κ3) is 4.47. The molecule has 0 bridgehead atoms. The van der Waals surface area contributed by atoms with Crippen molar-refractivity contribution in [2.45, 2.75) is 51.7 Å². The second-order valence-corrected chi connectivity index (χ2v) is 6.80. The summed E-state index contributed by atoms with van der Waals surface area (Å²) in [7, 11) is 1.60. The van der Waals surface area contributed by atoms with Gasteiger partial charge in [-0.25, -0.2) is 4.79 Å². The van der Waals surface area contributed by atoms with Crippen molar-refractivity contribution < 1.29 is 28.6 Å². The average Bonchev–Trinajstić information content (AvgIpc) is 3.35. The summed E-state index contributed by atoms with van der Waals surface area (Å²) in [6.07, 6.45) is 5.01. The molecular formula is C21H25NO6. The Morgan fingerprint density at radius 3 is 2.57 bits per heavy atom. The molecule has 1 fully saturated rings. The van der Waals surface area contributed by atoms with Crippen molar-refractivity contribution in [1.82, 2.24) is 5.32 Å². The number of aryl methyl sites for hydroxylation is 1. The first kappa shape index (κ1) is 19.8. The lowest BCUT2D eigenvalue weighted by Crippen LogP contribution is -2.22. The number of benzene rings is 1. The zero-order chi connectivity index (χ0) is 20.1. The van der Waals surface area contributed by atoms with Gasteiger partial charge in [0.2, 0.25) is 0 Å². The molecule has 0 unspecified atom stereocenters. The van der Waals surface area contributed by atoms with Gasteiger partial charge in [0.1, 0.15) is 11.3 Å². The normalized spacial score (nSPS) is 14.1. The Hall–Kier alpha value is -2.96. The summed E-state index contributed by atoms with van der Waals surface area (Å²) in [5.41, 5.74) is 0.868. The van der Waals surface area contributed by atoms with Gasteiger partial charge in [0.05, 0.1) is 13.2 Å². The van der Waals surface area contributed by atoms with Gasteiger partial charge in [-0.2, -0.15) is 0 Å². The van der Waals surface area contributed by atoms with E-state index in [1.807, 2.05) is 18.2 Å². The molecule has 3 rings (SSSR count). The number of methoxy groups -OCH3 is 1.